The lowest BCUT2D eigenvalue weighted by molar-refractivity contribution is -0.124. The SMILES string of the molecule is CCc1nc([C@@H]2CN(C)C[C@H]2C(=O)NCCc2c[nH]c3ccccc23)c(C)[nH]1. The standard InChI is InChI=1S/C22H29N5O/c1-4-20-25-14(2)21(26-20)17-12-27(3)13-18(17)22(28)23-10-9-15-11-24-19-8-6-5-7-16(15)19/h5-8,11,17-18,24H,4,9-10,12-13H2,1-3H3,(H,23,28)(H,25,26)/t17-,18-/m1/s1. The van der Waals surface area contributed by atoms with Crippen molar-refractivity contribution in [3.05, 3.63) is 53.2 Å². The normalized spacial score (nSPS) is 20.1. The average molecular weight is 380 g/mol. The number of carbonyl (C=O) groups is 1. The molecule has 6 heteroatoms. The molecule has 0 aliphatic carbocycles. The zero-order valence-electron chi connectivity index (χ0n) is 16.9. The van der Waals surface area contributed by atoms with E-state index in [9.17, 15) is 4.79 Å². The molecule has 3 heterocycles. The molecule has 3 aromatic rings. The molecule has 3 N–H and O–H groups in total. The van der Waals surface area contributed by atoms with E-state index in [1.54, 1.807) is 0 Å². The Kier molecular flexibility index (Phi) is 5.22. The van der Waals surface area contributed by atoms with Crippen LogP contribution < -0.4 is 5.32 Å². The van der Waals surface area contributed by atoms with Crippen LogP contribution in [0.25, 0.3) is 10.9 Å². The minimum Gasteiger partial charge on any atom is -0.361 e. The van der Waals surface area contributed by atoms with Crippen LogP contribution in [0.5, 0.6) is 0 Å². The van der Waals surface area contributed by atoms with Gasteiger partial charge < -0.3 is 20.2 Å². The van der Waals surface area contributed by atoms with Crippen LogP contribution in [0.4, 0.5) is 0 Å². The van der Waals surface area contributed by atoms with Gasteiger partial charge in [-0.2, -0.15) is 0 Å². The molecule has 4 rings (SSSR count). The molecule has 1 aliphatic heterocycles. The van der Waals surface area contributed by atoms with Crippen molar-refractivity contribution in [2.24, 2.45) is 5.92 Å². The van der Waals surface area contributed by atoms with Gasteiger partial charge in [-0.05, 0) is 32.0 Å². The van der Waals surface area contributed by atoms with Crippen molar-refractivity contribution in [3.63, 3.8) is 0 Å². The van der Waals surface area contributed by atoms with Gasteiger partial charge in [0.25, 0.3) is 0 Å². The Hall–Kier alpha value is -2.60. The molecule has 0 radical (unpaired) electrons. The average Bonchev–Trinajstić information content (AvgIpc) is 3.38. The van der Waals surface area contributed by atoms with Gasteiger partial charge in [0.1, 0.15) is 5.82 Å². The van der Waals surface area contributed by atoms with Crippen molar-refractivity contribution in [1.82, 2.24) is 25.2 Å². The van der Waals surface area contributed by atoms with E-state index >= 15 is 0 Å². The first-order chi connectivity index (χ1) is 13.6. The fourth-order valence-corrected chi connectivity index (χ4v) is 4.40. The third-order valence-electron chi connectivity index (χ3n) is 5.87. The molecule has 0 bridgehead atoms. The molecule has 1 aromatic carbocycles. The number of imidazole rings is 1. The summed E-state index contributed by atoms with van der Waals surface area (Å²) >= 11 is 0. The molecule has 1 aliphatic rings. The van der Waals surface area contributed by atoms with Crippen LogP contribution in [0.2, 0.25) is 0 Å². The number of para-hydroxylation sites is 1. The number of nitrogens with one attached hydrogen (secondary N) is 3. The largest absolute Gasteiger partial charge is 0.361 e. The van der Waals surface area contributed by atoms with Crippen LogP contribution in [0.3, 0.4) is 0 Å². The minimum atomic E-state index is -0.0559. The van der Waals surface area contributed by atoms with Crippen LogP contribution in [0, 0.1) is 12.8 Å². The van der Waals surface area contributed by atoms with E-state index in [-0.39, 0.29) is 17.7 Å². The molecular weight excluding hydrogens is 350 g/mol. The second-order valence-corrected chi connectivity index (χ2v) is 7.88. The van der Waals surface area contributed by atoms with E-state index in [0.717, 1.165) is 48.7 Å². The van der Waals surface area contributed by atoms with Crippen LogP contribution in [0.1, 0.15) is 35.6 Å². The number of likely N-dealkylation sites (tertiary alicyclic amines) is 1. The van der Waals surface area contributed by atoms with Crippen LogP contribution in [0.15, 0.2) is 30.5 Å². The van der Waals surface area contributed by atoms with Crippen molar-refractivity contribution in [3.8, 4) is 0 Å². The maximum Gasteiger partial charge on any atom is 0.225 e. The molecular formula is C22H29N5O. The number of aromatic nitrogens is 3. The van der Waals surface area contributed by atoms with Gasteiger partial charge in [0.2, 0.25) is 5.91 Å². The topological polar surface area (TPSA) is 76.8 Å². The number of rotatable bonds is 6. The number of carbonyl (C=O) groups excluding carboxylic acids is 1. The van der Waals surface area contributed by atoms with Gasteiger partial charge in [-0.1, -0.05) is 25.1 Å². The lowest BCUT2D eigenvalue weighted by Crippen LogP contribution is -2.35. The van der Waals surface area contributed by atoms with Gasteiger partial charge in [-0.3, -0.25) is 4.79 Å². The maximum absolute atomic E-state index is 13.0. The number of nitrogens with zero attached hydrogens (tertiary/aromatic N) is 2. The summed E-state index contributed by atoms with van der Waals surface area (Å²) in [6.45, 7) is 6.45. The number of aromatic amines is 2. The summed E-state index contributed by atoms with van der Waals surface area (Å²) < 4.78 is 0. The summed E-state index contributed by atoms with van der Waals surface area (Å²) in [5, 5.41) is 4.40. The summed E-state index contributed by atoms with van der Waals surface area (Å²) in [4.78, 5) is 26.6. The first-order valence-corrected chi connectivity index (χ1v) is 10.1. The highest BCUT2D eigenvalue weighted by Crippen LogP contribution is 2.33. The molecule has 28 heavy (non-hydrogen) atoms. The molecule has 148 valence electrons. The number of benzene rings is 1. The summed E-state index contributed by atoms with van der Waals surface area (Å²) in [5.41, 5.74) is 4.53. The van der Waals surface area contributed by atoms with Crippen LogP contribution in [-0.2, 0) is 17.6 Å². The lowest BCUT2D eigenvalue weighted by atomic mass is 9.91. The van der Waals surface area contributed by atoms with E-state index in [0.29, 0.717) is 6.54 Å². The van der Waals surface area contributed by atoms with Gasteiger partial charge in [-0.25, -0.2) is 4.98 Å². The fourth-order valence-electron chi connectivity index (χ4n) is 4.40. The van der Waals surface area contributed by atoms with Gasteiger partial charge >= 0.3 is 0 Å². The van der Waals surface area contributed by atoms with Crippen molar-refractivity contribution >= 4 is 16.8 Å². The lowest BCUT2D eigenvalue weighted by Gasteiger charge is -2.17. The predicted octanol–water partition coefficient (Wildman–Crippen LogP) is 2.77. The zero-order valence-corrected chi connectivity index (χ0v) is 16.9. The number of hydrogen-bond donors (Lipinski definition) is 3. The molecule has 6 nitrogen and oxygen atoms in total. The minimum absolute atomic E-state index is 0.0559. The van der Waals surface area contributed by atoms with E-state index in [1.165, 1.54) is 10.9 Å². The molecule has 2 aromatic heterocycles. The number of likely N-dealkylation sites (N-methyl/N-ethyl adjacent to an activating group) is 1. The maximum atomic E-state index is 13.0. The number of aryl methyl sites for hydroxylation is 2. The Balaban J connectivity index is 1.42. The summed E-state index contributed by atoms with van der Waals surface area (Å²) in [7, 11) is 2.08. The third kappa shape index (κ3) is 3.56. The molecule has 0 spiro atoms. The number of hydrogen-bond acceptors (Lipinski definition) is 3. The quantitative estimate of drug-likeness (QED) is 0.616. The Bertz CT molecular complexity index is 972. The molecule has 0 unspecified atom stereocenters. The molecule has 1 saturated heterocycles. The summed E-state index contributed by atoms with van der Waals surface area (Å²) in [5.74, 6) is 1.23. The number of amides is 1. The van der Waals surface area contributed by atoms with Gasteiger partial charge in [0.15, 0.2) is 0 Å². The smallest absolute Gasteiger partial charge is 0.225 e. The fraction of sp³-hybridized carbons (Fsp3) is 0.455. The monoisotopic (exact) mass is 379 g/mol. The molecule has 1 fully saturated rings. The second-order valence-electron chi connectivity index (χ2n) is 7.88. The highest BCUT2D eigenvalue weighted by molar-refractivity contribution is 5.83. The van der Waals surface area contributed by atoms with Crippen LogP contribution in [-0.4, -0.2) is 52.4 Å². The van der Waals surface area contributed by atoms with E-state index < -0.39 is 0 Å². The van der Waals surface area contributed by atoms with Crippen molar-refractivity contribution in [2.75, 3.05) is 26.7 Å². The molecule has 0 saturated carbocycles. The predicted molar refractivity (Wildman–Crippen MR) is 111 cm³/mol. The number of fused-ring (bicyclic) bond motifs is 1. The summed E-state index contributed by atoms with van der Waals surface area (Å²) in [6, 6.07) is 8.28. The van der Waals surface area contributed by atoms with Gasteiger partial charge in [0, 0.05) is 54.8 Å². The summed E-state index contributed by atoms with van der Waals surface area (Å²) in [6.07, 6.45) is 3.75. The van der Waals surface area contributed by atoms with E-state index in [4.69, 9.17) is 4.98 Å². The highest BCUT2D eigenvalue weighted by Gasteiger charge is 2.39. The van der Waals surface area contributed by atoms with Crippen LogP contribution >= 0.6 is 0 Å². The first kappa shape index (κ1) is 18.7. The zero-order chi connectivity index (χ0) is 19.7. The third-order valence-corrected chi connectivity index (χ3v) is 5.87. The Labute approximate surface area is 165 Å². The van der Waals surface area contributed by atoms with Crippen molar-refractivity contribution < 1.29 is 4.79 Å². The Morgan fingerprint density at radius 3 is 2.93 bits per heavy atom. The van der Waals surface area contributed by atoms with E-state index in [1.807, 2.05) is 18.3 Å². The van der Waals surface area contributed by atoms with Crippen molar-refractivity contribution in [2.45, 2.75) is 32.6 Å². The molecule has 2 atom stereocenters. The molecule has 1 amide bonds. The first-order valence-electron chi connectivity index (χ1n) is 10.1. The van der Waals surface area contributed by atoms with Crippen molar-refractivity contribution in [1.29, 1.82) is 0 Å². The Morgan fingerprint density at radius 2 is 2.14 bits per heavy atom. The van der Waals surface area contributed by atoms with Gasteiger partial charge in [0.05, 0.1) is 11.6 Å². The Morgan fingerprint density at radius 1 is 1.32 bits per heavy atom. The highest BCUT2D eigenvalue weighted by atomic mass is 16.1. The number of H-pyrrole nitrogens is 2. The second kappa shape index (κ2) is 7.80. The van der Waals surface area contributed by atoms with Gasteiger partial charge in [-0.15, -0.1) is 0 Å². The van der Waals surface area contributed by atoms with E-state index in [2.05, 4.69) is 53.2 Å².